The minimum atomic E-state index is 0.147. The van der Waals surface area contributed by atoms with Crippen molar-refractivity contribution in [1.82, 2.24) is 24.7 Å². The van der Waals surface area contributed by atoms with Crippen LogP contribution in [0.3, 0.4) is 0 Å². The van der Waals surface area contributed by atoms with Gasteiger partial charge < -0.3 is 10.7 Å². The second-order valence-corrected chi connectivity index (χ2v) is 8.27. The monoisotopic (exact) mass is 400 g/mol. The first kappa shape index (κ1) is 19.0. The van der Waals surface area contributed by atoms with Crippen molar-refractivity contribution in [3.63, 3.8) is 0 Å². The average Bonchev–Trinajstić information content (AvgIpc) is 3.23. The second kappa shape index (κ2) is 7.36. The fraction of sp³-hybridized carbons (Fsp3) is 0.375. The van der Waals surface area contributed by atoms with E-state index in [4.69, 9.17) is 10.7 Å². The van der Waals surface area contributed by atoms with Gasteiger partial charge in [0.05, 0.1) is 16.8 Å². The number of hydrogen-bond donors (Lipinski definition) is 2. The number of pyridine rings is 1. The standard InChI is InChI=1S/C24H28N6/c1-4-30-15(3)21(14(2)29-30)23-27-22-19(11-12-26-24(22)28-23)17-9-10-18-16(13-17)7-5-6-8-20(18)25/h9-13,20H,4-8,25H2,1-3H3,(H,26,27,28). The van der Waals surface area contributed by atoms with Crippen LogP contribution in [0.2, 0.25) is 0 Å². The zero-order valence-electron chi connectivity index (χ0n) is 17.9. The third-order valence-electron chi connectivity index (χ3n) is 6.37. The molecule has 0 amide bonds. The van der Waals surface area contributed by atoms with Crippen LogP contribution < -0.4 is 5.73 Å². The molecule has 1 unspecified atom stereocenters. The van der Waals surface area contributed by atoms with Gasteiger partial charge in [-0.15, -0.1) is 0 Å². The summed E-state index contributed by atoms with van der Waals surface area (Å²) < 4.78 is 2.02. The van der Waals surface area contributed by atoms with Crippen molar-refractivity contribution < 1.29 is 0 Å². The van der Waals surface area contributed by atoms with Gasteiger partial charge in [0.15, 0.2) is 5.65 Å². The first-order valence-electron chi connectivity index (χ1n) is 10.8. The van der Waals surface area contributed by atoms with Gasteiger partial charge in [-0.3, -0.25) is 4.68 Å². The molecule has 154 valence electrons. The lowest BCUT2D eigenvalue weighted by Gasteiger charge is -2.14. The first-order valence-corrected chi connectivity index (χ1v) is 10.8. The van der Waals surface area contributed by atoms with E-state index >= 15 is 0 Å². The van der Waals surface area contributed by atoms with Gasteiger partial charge in [0.1, 0.15) is 5.82 Å². The van der Waals surface area contributed by atoms with Crippen molar-refractivity contribution in [2.45, 2.75) is 59.0 Å². The summed E-state index contributed by atoms with van der Waals surface area (Å²) in [5, 5.41) is 4.64. The first-order chi connectivity index (χ1) is 14.6. The molecule has 0 spiro atoms. The normalized spacial score (nSPS) is 16.6. The Morgan fingerprint density at radius 1 is 1.20 bits per heavy atom. The smallest absolute Gasteiger partial charge is 0.178 e. The van der Waals surface area contributed by atoms with Gasteiger partial charge in [-0.25, -0.2) is 9.97 Å². The molecule has 0 saturated heterocycles. The summed E-state index contributed by atoms with van der Waals surface area (Å²) in [4.78, 5) is 12.9. The van der Waals surface area contributed by atoms with Crippen molar-refractivity contribution in [2.75, 3.05) is 0 Å². The number of fused-ring (bicyclic) bond motifs is 2. The Labute approximate surface area is 176 Å². The summed E-state index contributed by atoms with van der Waals surface area (Å²) >= 11 is 0. The minimum absolute atomic E-state index is 0.147. The van der Waals surface area contributed by atoms with Crippen molar-refractivity contribution in [2.24, 2.45) is 5.73 Å². The number of aromatic amines is 1. The van der Waals surface area contributed by atoms with E-state index in [9.17, 15) is 0 Å². The Kier molecular flexibility index (Phi) is 4.66. The molecule has 3 heterocycles. The van der Waals surface area contributed by atoms with Crippen LogP contribution in [0.4, 0.5) is 0 Å². The molecule has 30 heavy (non-hydrogen) atoms. The van der Waals surface area contributed by atoms with Crippen molar-refractivity contribution in [1.29, 1.82) is 0 Å². The topological polar surface area (TPSA) is 85.4 Å². The summed E-state index contributed by atoms with van der Waals surface area (Å²) in [6.45, 7) is 7.07. The van der Waals surface area contributed by atoms with Gasteiger partial charge in [0.2, 0.25) is 0 Å². The highest BCUT2D eigenvalue weighted by atomic mass is 15.3. The lowest BCUT2D eigenvalue weighted by atomic mass is 9.94. The molecule has 3 aromatic heterocycles. The number of benzene rings is 1. The molecule has 1 aromatic carbocycles. The maximum absolute atomic E-state index is 6.40. The molecule has 0 radical (unpaired) electrons. The van der Waals surface area contributed by atoms with Gasteiger partial charge in [0, 0.05) is 30.0 Å². The Bertz CT molecular complexity index is 1230. The quantitative estimate of drug-likeness (QED) is 0.481. The molecule has 3 N–H and O–H groups in total. The Hall–Kier alpha value is -2.99. The van der Waals surface area contributed by atoms with Crippen molar-refractivity contribution in [3.05, 3.63) is 53.0 Å². The minimum Gasteiger partial charge on any atom is -0.336 e. The third-order valence-corrected chi connectivity index (χ3v) is 6.37. The van der Waals surface area contributed by atoms with E-state index in [1.54, 1.807) is 0 Å². The predicted molar refractivity (Wildman–Crippen MR) is 120 cm³/mol. The average molecular weight is 401 g/mol. The molecule has 1 aliphatic rings. The molecule has 6 nitrogen and oxygen atoms in total. The highest BCUT2D eigenvalue weighted by molar-refractivity contribution is 5.91. The number of aryl methyl sites for hydroxylation is 3. The van der Waals surface area contributed by atoms with Crippen LogP contribution in [0.15, 0.2) is 30.5 Å². The van der Waals surface area contributed by atoms with Crippen molar-refractivity contribution >= 4 is 11.2 Å². The summed E-state index contributed by atoms with van der Waals surface area (Å²) in [6, 6.07) is 8.92. The second-order valence-electron chi connectivity index (χ2n) is 8.27. The van der Waals surface area contributed by atoms with Gasteiger partial charge in [-0.2, -0.15) is 5.10 Å². The lowest BCUT2D eigenvalue weighted by molar-refractivity contribution is 0.615. The van der Waals surface area contributed by atoms with Gasteiger partial charge in [-0.1, -0.05) is 24.6 Å². The molecule has 4 aromatic rings. The Balaban J connectivity index is 1.64. The van der Waals surface area contributed by atoms with Crippen LogP contribution in [0.25, 0.3) is 33.7 Å². The largest absolute Gasteiger partial charge is 0.336 e. The van der Waals surface area contributed by atoms with E-state index < -0.39 is 0 Å². The van der Waals surface area contributed by atoms with Gasteiger partial charge in [0.25, 0.3) is 0 Å². The maximum atomic E-state index is 6.40. The Morgan fingerprint density at radius 3 is 2.87 bits per heavy atom. The number of hydrogen-bond acceptors (Lipinski definition) is 4. The van der Waals surface area contributed by atoms with E-state index in [1.165, 1.54) is 29.5 Å². The summed E-state index contributed by atoms with van der Waals surface area (Å²) in [5.41, 5.74) is 16.2. The molecule has 0 aliphatic heterocycles. The zero-order valence-corrected chi connectivity index (χ0v) is 17.9. The number of H-pyrrole nitrogens is 1. The van der Waals surface area contributed by atoms with E-state index in [1.807, 2.05) is 17.8 Å². The van der Waals surface area contributed by atoms with E-state index in [2.05, 4.69) is 53.2 Å². The van der Waals surface area contributed by atoms with E-state index in [0.29, 0.717) is 0 Å². The Morgan fingerprint density at radius 2 is 2.07 bits per heavy atom. The molecule has 6 heteroatoms. The van der Waals surface area contributed by atoms with Crippen LogP contribution in [0, 0.1) is 13.8 Å². The molecular weight excluding hydrogens is 372 g/mol. The van der Waals surface area contributed by atoms with Crippen LogP contribution in [-0.4, -0.2) is 24.7 Å². The fourth-order valence-electron chi connectivity index (χ4n) is 4.80. The molecule has 1 atom stereocenters. The molecule has 1 aliphatic carbocycles. The molecular formula is C24H28N6. The molecule has 5 rings (SSSR count). The summed E-state index contributed by atoms with van der Waals surface area (Å²) in [5.74, 6) is 0.830. The van der Waals surface area contributed by atoms with Gasteiger partial charge in [-0.05, 0) is 62.8 Å². The third kappa shape index (κ3) is 3.03. The number of nitrogens with zero attached hydrogens (tertiary/aromatic N) is 4. The highest BCUT2D eigenvalue weighted by Gasteiger charge is 2.20. The molecule has 0 saturated carbocycles. The van der Waals surface area contributed by atoms with Gasteiger partial charge >= 0.3 is 0 Å². The predicted octanol–water partition coefficient (Wildman–Crippen LogP) is 4.85. The summed E-state index contributed by atoms with van der Waals surface area (Å²) in [6.07, 6.45) is 6.39. The van der Waals surface area contributed by atoms with Crippen LogP contribution >= 0.6 is 0 Å². The van der Waals surface area contributed by atoms with Crippen LogP contribution in [-0.2, 0) is 13.0 Å². The number of rotatable bonds is 3. The van der Waals surface area contributed by atoms with E-state index in [0.717, 1.165) is 58.9 Å². The molecule has 0 bridgehead atoms. The lowest BCUT2D eigenvalue weighted by Crippen LogP contribution is -2.10. The van der Waals surface area contributed by atoms with Crippen LogP contribution in [0.5, 0.6) is 0 Å². The fourth-order valence-corrected chi connectivity index (χ4v) is 4.80. The zero-order chi connectivity index (χ0) is 20.8. The number of imidazole rings is 1. The maximum Gasteiger partial charge on any atom is 0.178 e. The van der Waals surface area contributed by atoms with Crippen molar-refractivity contribution in [3.8, 4) is 22.5 Å². The number of nitrogens with two attached hydrogens (primary N) is 1. The van der Waals surface area contributed by atoms with E-state index in [-0.39, 0.29) is 6.04 Å². The SMILES string of the molecule is CCn1nc(C)c(-c2nc3nccc(-c4ccc5c(c4)CCCCC5N)c3[nH]2)c1C. The number of aromatic nitrogens is 5. The van der Waals surface area contributed by atoms with Crippen LogP contribution in [0.1, 0.15) is 54.7 Å². The number of nitrogens with one attached hydrogen (secondary N) is 1. The highest BCUT2D eigenvalue weighted by Crippen LogP contribution is 2.34. The molecule has 0 fully saturated rings. The summed E-state index contributed by atoms with van der Waals surface area (Å²) in [7, 11) is 0.